The number of methoxy groups -OCH3 is 1. The average molecular weight is 370 g/mol. The Bertz CT molecular complexity index is 891. The molecule has 0 bridgehead atoms. The van der Waals surface area contributed by atoms with E-state index in [9.17, 15) is 4.39 Å². The standard InChI is InChI=1S/C19H23FN6O/c1-27-18-12-22-11-17(19(18)26-6-4-21-5-7-26)25-10-13-8-15-16(9-14(13)20)24-3-2-23-15/h2-3,8-9,11,21-22,25H,4-7,10,12H2,1H3. The Kier molecular flexibility index (Phi) is 5.06. The van der Waals surface area contributed by atoms with Gasteiger partial charge in [-0.25, -0.2) is 4.39 Å². The van der Waals surface area contributed by atoms with E-state index in [-0.39, 0.29) is 5.82 Å². The number of hydrogen-bond donors (Lipinski definition) is 3. The van der Waals surface area contributed by atoms with Crippen LogP contribution in [0.15, 0.2) is 47.9 Å². The number of rotatable bonds is 5. The number of nitrogens with zero attached hydrogens (tertiary/aromatic N) is 3. The minimum Gasteiger partial charge on any atom is -0.497 e. The van der Waals surface area contributed by atoms with Crippen LogP contribution in [-0.4, -0.2) is 54.7 Å². The molecule has 0 amide bonds. The van der Waals surface area contributed by atoms with Gasteiger partial charge in [0, 0.05) is 62.9 Å². The van der Waals surface area contributed by atoms with Crippen molar-refractivity contribution >= 4 is 11.0 Å². The number of aromatic nitrogens is 2. The van der Waals surface area contributed by atoms with Crippen molar-refractivity contribution < 1.29 is 9.13 Å². The Labute approximate surface area is 157 Å². The number of dihydropyridines is 1. The van der Waals surface area contributed by atoms with E-state index >= 15 is 0 Å². The Balaban J connectivity index is 1.56. The molecule has 3 N–H and O–H groups in total. The van der Waals surface area contributed by atoms with Gasteiger partial charge < -0.3 is 25.6 Å². The van der Waals surface area contributed by atoms with E-state index in [4.69, 9.17) is 4.74 Å². The third-order valence-electron chi connectivity index (χ3n) is 4.81. The van der Waals surface area contributed by atoms with Crippen LogP contribution in [0.25, 0.3) is 11.0 Å². The first-order valence-corrected chi connectivity index (χ1v) is 9.06. The lowest BCUT2D eigenvalue weighted by atomic mass is 10.1. The van der Waals surface area contributed by atoms with Crippen LogP contribution in [0.3, 0.4) is 0 Å². The number of benzene rings is 1. The van der Waals surface area contributed by atoms with Gasteiger partial charge in [0.15, 0.2) is 0 Å². The molecule has 4 rings (SSSR count). The van der Waals surface area contributed by atoms with Gasteiger partial charge in [-0.2, -0.15) is 0 Å². The topological polar surface area (TPSA) is 74.3 Å². The predicted molar refractivity (Wildman–Crippen MR) is 101 cm³/mol. The number of halogens is 1. The second-order valence-corrected chi connectivity index (χ2v) is 6.49. The van der Waals surface area contributed by atoms with E-state index in [0.29, 0.717) is 29.7 Å². The molecule has 142 valence electrons. The Morgan fingerprint density at radius 3 is 2.67 bits per heavy atom. The second-order valence-electron chi connectivity index (χ2n) is 6.49. The van der Waals surface area contributed by atoms with Crippen molar-refractivity contribution in [2.24, 2.45) is 0 Å². The molecular formula is C19H23FN6O. The summed E-state index contributed by atoms with van der Waals surface area (Å²) in [4.78, 5) is 10.7. The van der Waals surface area contributed by atoms with Crippen LogP contribution in [0.2, 0.25) is 0 Å². The maximum Gasteiger partial charge on any atom is 0.140 e. The van der Waals surface area contributed by atoms with Crippen molar-refractivity contribution in [2.45, 2.75) is 6.54 Å². The zero-order valence-corrected chi connectivity index (χ0v) is 15.3. The van der Waals surface area contributed by atoms with Crippen molar-refractivity contribution in [3.05, 3.63) is 59.3 Å². The molecule has 0 saturated carbocycles. The van der Waals surface area contributed by atoms with E-state index < -0.39 is 0 Å². The molecule has 8 heteroatoms. The summed E-state index contributed by atoms with van der Waals surface area (Å²) in [7, 11) is 1.68. The van der Waals surface area contributed by atoms with Crippen molar-refractivity contribution in [3.63, 3.8) is 0 Å². The number of fused-ring (bicyclic) bond motifs is 1. The maximum absolute atomic E-state index is 14.5. The van der Waals surface area contributed by atoms with Gasteiger partial charge in [-0.1, -0.05) is 0 Å². The molecule has 1 aromatic carbocycles. The molecule has 3 heterocycles. The lowest BCUT2D eigenvalue weighted by molar-refractivity contribution is 0.233. The van der Waals surface area contributed by atoms with Crippen LogP contribution in [0.5, 0.6) is 0 Å². The molecule has 0 atom stereocenters. The van der Waals surface area contributed by atoms with Gasteiger partial charge in [0.1, 0.15) is 17.3 Å². The van der Waals surface area contributed by atoms with Gasteiger partial charge in [0.2, 0.25) is 0 Å². The van der Waals surface area contributed by atoms with Gasteiger partial charge in [-0.3, -0.25) is 9.97 Å². The molecule has 0 unspecified atom stereocenters. The Morgan fingerprint density at radius 2 is 1.93 bits per heavy atom. The highest BCUT2D eigenvalue weighted by atomic mass is 19.1. The van der Waals surface area contributed by atoms with Crippen LogP contribution in [0.1, 0.15) is 5.56 Å². The zero-order valence-electron chi connectivity index (χ0n) is 15.3. The Hall–Kier alpha value is -2.87. The lowest BCUT2D eigenvalue weighted by Gasteiger charge is -2.35. The van der Waals surface area contributed by atoms with Crippen molar-refractivity contribution in [1.29, 1.82) is 0 Å². The summed E-state index contributed by atoms with van der Waals surface area (Å²) in [6.45, 7) is 4.65. The molecule has 0 radical (unpaired) electrons. The number of hydrogen-bond acceptors (Lipinski definition) is 7. The van der Waals surface area contributed by atoms with Crippen molar-refractivity contribution in [3.8, 4) is 0 Å². The monoisotopic (exact) mass is 370 g/mol. The van der Waals surface area contributed by atoms with E-state index in [1.165, 1.54) is 6.07 Å². The van der Waals surface area contributed by atoms with Crippen molar-refractivity contribution in [1.82, 2.24) is 30.8 Å². The molecular weight excluding hydrogens is 347 g/mol. The highest BCUT2D eigenvalue weighted by molar-refractivity contribution is 5.74. The van der Waals surface area contributed by atoms with Crippen LogP contribution in [-0.2, 0) is 11.3 Å². The van der Waals surface area contributed by atoms with E-state index in [2.05, 4.69) is 30.8 Å². The largest absolute Gasteiger partial charge is 0.497 e. The van der Waals surface area contributed by atoms with E-state index in [1.54, 1.807) is 25.6 Å². The Morgan fingerprint density at radius 1 is 1.19 bits per heavy atom. The fourth-order valence-electron chi connectivity index (χ4n) is 3.44. The molecule has 7 nitrogen and oxygen atoms in total. The maximum atomic E-state index is 14.5. The zero-order chi connectivity index (χ0) is 18.6. The van der Waals surface area contributed by atoms with Crippen molar-refractivity contribution in [2.75, 3.05) is 39.8 Å². The highest BCUT2D eigenvalue weighted by Gasteiger charge is 2.24. The number of ether oxygens (including phenoxy) is 1. The van der Waals surface area contributed by atoms with E-state index in [0.717, 1.165) is 43.3 Å². The molecule has 2 aliphatic rings. The normalized spacial score (nSPS) is 17.6. The summed E-state index contributed by atoms with van der Waals surface area (Å²) in [6, 6.07) is 3.17. The third-order valence-corrected chi connectivity index (χ3v) is 4.81. The molecule has 1 saturated heterocycles. The fraction of sp³-hybridized carbons (Fsp3) is 0.368. The molecule has 0 aliphatic carbocycles. The van der Waals surface area contributed by atoms with Crippen LogP contribution >= 0.6 is 0 Å². The first-order valence-electron chi connectivity index (χ1n) is 9.06. The first kappa shape index (κ1) is 17.5. The lowest BCUT2D eigenvalue weighted by Crippen LogP contribution is -2.46. The molecule has 0 spiro atoms. The van der Waals surface area contributed by atoms with Gasteiger partial charge >= 0.3 is 0 Å². The quantitative estimate of drug-likeness (QED) is 0.727. The fourth-order valence-corrected chi connectivity index (χ4v) is 3.44. The summed E-state index contributed by atoms with van der Waals surface area (Å²) < 4.78 is 20.1. The van der Waals surface area contributed by atoms with Gasteiger partial charge in [-0.05, 0) is 6.07 Å². The number of piperazine rings is 1. The summed E-state index contributed by atoms with van der Waals surface area (Å²) in [5.74, 6) is 0.589. The molecule has 2 aliphatic heterocycles. The molecule has 1 fully saturated rings. The number of nitrogens with one attached hydrogen (secondary N) is 3. The third kappa shape index (κ3) is 3.66. The van der Waals surface area contributed by atoms with E-state index in [1.807, 2.05) is 6.20 Å². The van der Waals surface area contributed by atoms with Crippen LogP contribution in [0, 0.1) is 5.82 Å². The van der Waals surface area contributed by atoms with Gasteiger partial charge in [-0.15, -0.1) is 0 Å². The summed E-state index contributed by atoms with van der Waals surface area (Å²) in [5.41, 5.74) is 3.73. The van der Waals surface area contributed by atoms with Gasteiger partial charge in [0.25, 0.3) is 0 Å². The summed E-state index contributed by atoms with van der Waals surface area (Å²) in [5, 5.41) is 9.95. The summed E-state index contributed by atoms with van der Waals surface area (Å²) in [6.07, 6.45) is 5.11. The smallest absolute Gasteiger partial charge is 0.140 e. The first-order chi connectivity index (χ1) is 13.3. The van der Waals surface area contributed by atoms with Crippen LogP contribution in [0.4, 0.5) is 4.39 Å². The SMILES string of the molecule is COC1=C(N2CCNCC2)C(NCc2cc3nccnc3cc2F)=CNC1. The highest BCUT2D eigenvalue weighted by Crippen LogP contribution is 2.23. The second kappa shape index (κ2) is 7.79. The summed E-state index contributed by atoms with van der Waals surface area (Å²) >= 11 is 0. The minimum absolute atomic E-state index is 0.292. The van der Waals surface area contributed by atoms with Gasteiger partial charge in [0.05, 0.1) is 30.4 Å². The molecule has 2 aromatic rings. The molecule has 1 aromatic heterocycles. The minimum atomic E-state index is -0.292. The predicted octanol–water partition coefficient (Wildman–Crippen LogP) is 1.07. The average Bonchev–Trinajstić information content (AvgIpc) is 2.72. The van der Waals surface area contributed by atoms with Crippen LogP contribution < -0.4 is 16.0 Å². The molecule has 27 heavy (non-hydrogen) atoms.